The van der Waals surface area contributed by atoms with Crippen LogP contribution in [0.15, 0.2) is 59.1 Å². The van der Waals surface area contributed by atoms with E-state index in [0.29, 0.717) is 12.5 Å². The SMILES string of the molecule is CC(CNCC(=O)OCc1ccccc1)Cc1cccc(Br)c1. The van der Waals surface area contributed by atoms with Crippen LogP contribution in [-0.2, 0) is 22.6 Å². The summed E-state index contributed by atoms with van der Waals surface area (Å²) in [6.45, 7) is 3.53. The summed E-state index contributed by atoms with van der Waals surface area (Å²) in [5.41, 5.74) is 2.30. The number of rotatable bonds is 8. The predicted molar refractivity (Wildman–Crippen MR) is 96.1 cm³/mol. The van der Waals surface area contributed by atoms with Crippen molar-refractivity contribution in [2.75, 3.05) is 13.1 Å². The van der Waals surface area contributed by atoms with Crippen LogP contribution in [0.4, 0.5) is 0 Å². The number of benzene rings is 2. The minimum atomic E-state index is -0.219. The average Bonchev–Trinajstić information content (AvgIpc) is 2.54. The van der Waals surface area contributed by atoms with E-state index in [-0.39, 0.29) is 12.5 Å². The highest BCUT2D eigenvalue weighted by Gasteiger charge is 2.07. The molecule has 1 unspecified atom stereocenters. The van der Waals surface area contributed by atoms with Crippen molar-refractivity contribution in [1.29, 1.82) is 0 Å². The van der Waals surface area contributed by atoms with Gasteiger partial charge in [0.1, 0.15) is 6.61 Å². The molecule has 1 atom stereocenters. The van der Waals surface area contributed by atoms with E-state index in [9.17, 15) is 4.79 Å². The Labute approximate surface area is 146 Å². The van der Waals surface area contributed by atoms with Crippen LogP contribution in [-0.4, -0.2) is 19.1 Å². The summed E-state index contributed by atoms with van der Waals surface area (Å²) in [6, 6.07) is 18.0. The second-order valence-electron chi connectivity index (χ2n) is 5.72. The fraction of sp³-hybridized carbons (Fsp3) is 0.316. The van der Waals surface area contributed by atoms with Gasteiger partial charge in [0.25, 0.3) is 0 Å². The summed E-state index contributed by atoms with van der Waals surface area (Å²) < 4.78 is 6.33. The number of nitrogens with one attached hydrogen (secondary N) is 1. The van der Waals surface area contributed by atoms with Crippen LogP contribution in [0, 0.1) is 5.92 Å². The van der Waals surface area contributed by atoms with Gasteiger partial charge in [0.05, 0.1) is 6.54 Å². The monoisotopic (exact) mass is 375 g/mol. The molecule has 2 aromatic carbocycles. The minimum Gasteiger partial charge on any atom is -0.460 e. The van der Waals surface area contributed by atoms with Crippen molar-refractivity contribution in [3.63, 3.8) is 0 Å². The van der Waals surface area contributed by atoms with E-state index in [4.69, 9.17) is 4.74 Å². The first kappa shape index (κ1) is 17.7. The lowest BCUT2D eigenvalue weighted by atomic mass is 10.0. The maximum atomic E-state index is 11.7. The van der Waals surface area contributed by atoms with Gasteiger partial charge in [-0.25, -0.2) is 0 Å². The number of esters is 1. The zero-order valence-electron chi connectivity index (χ0n) is 13.3. The third kappa shape index (κ3) is 6.97. The molecule has 3 nitrogen and oxygen atoms in total. The predicted octanol–water partition coefficient (Wildman–Crippen LogP) is 3.96. The van der Waals surface area contributed by atoms with Crippen LogP contribution in [0.2, 0.25) is 0 Å². The molecule has 122 valence electrons. The first-order valence-corrected chi connectivity index (χ1v) is 8.57. The topological polar surface area (TPSA) is 38.3 Å². The number of carbonyl (C=O) groups excluding carboxylic acids is 1. The van der Waals surface area contributed by atoms with Gasteiger partial charge >= 0.3 is 5.97 Å². The third-order valence-corrected chi connectivity index (χ3v) is 3.97. The molecular formula is C19H22BrNO2. The van der Waals surface area contributed by atoms with E-state index in [2.05, 4.69) is 40.3 Å². The molecule has 2 aromatic rings. The highest BCUT2D eigenvalue weighted by atomic mass is 79.9. The van der Waals surface area contributed by atoms with Gasteiger partial charge in [-0.05, 0) is 42.1 Å². The molecule has 1 N–H and O–H groups in total. The van der Waals surface area contributed by atoms with Crippen LogP contribution in [0.1, 0.15) is 18.1 Å². The smallest absolute Gasteiger partial charge is 0.320 e. The van der Waals surface area contributed by atoms with Crippen molar-refractivity contribution in [3.8, 4) is 0 Å². The minimum absolute atomic E-state index is 0.219. The molecular weight excluding hydrogens is 354 g/mol. The van der Waals surface area contributed by atoms with Crippen LogP contribution in [0.5, 0.6) is 0 Å². The molecule has 0 bridgehead atoms. The molecule has 0 radical (unpaired) electrons. The van der Waals surface area contributed by atoms with Crippen molar-refractivity contribution in [2.24, 2.45) is 5.92 Å². The maximum Gasteiger partial charge on any atom is 0.320 e. The standard InChI is InChI=1S/C19H22BrNO2/c1-15(10-17-8-5-9-18(20)11-17)12-21-13-19(22)23-14-16-6-3-2-4-7-16/h2-9,11,15,21H,10,12-14H2,1H3. The highest BCUT2D eigenvalue weighted by Crippen LogP contribution is 2.14. The van der Waals surface area contributed by atoms with E-state index in [0.717, 1.165) is 23.0 Å². The molecule has 0 aromatic heterocycles. The second-order valence-corrected chi connectivity index (χ2v) is 6.63. The van der Waals surface area contributed by atoms with Crippen LogP contribution in [0.25, 0.3) is 0 Å². The summed E-state index contributed by atoms with van der Waals surface area (Å²) in [5, 5.41) is 3.17. The van der Waals surface area contributed by atoms with Crippen LogP contribution >= 0.6 is 15.9 Å². The second kappa shape index (κ2) is 9.48. The normalized spacial score (nSPS) is 11.9. The molecule has 2 rings (SSSR count). The number of hydrogen-bond acceptors (Lipinski definition) is 3. The van der Waals surface area contributed by atoms with Crippen LogP contribution < -0.4 is 5.32 Å². The van der Waals surface area contributed by atoms with Crippen molar-refractivity contribution in [1.82, 2.24) is 5.32 Å². The summed E-state index contributed by atoms with van der Waals surface area (Å²) >= 11 is 3.48. The summed E-state index contributed by atoms with van der Waals surface area (Å²) in [4.78, 5) is 11.7. The highest BCUT2D eigenvalue weighted by molar-refractivity contribution is 9.10. The fourth-order valence-electron chi connectivity index (χ4n) is 2.35. The molecule has 0 saturated heterocycles. The van der Waals surface area contributed by atoms with Gasteiger partial charge in [0, 0.05) is 4.47 Å². The Morgan fingerprint density at radius 3 is 2.61 bits per heavy atom. The van der Waals surface area contributed by atoms with Gasteiger partial charge in [0.15, 0.2) is 0 Å². The third-order valence-electron chi connectivity index (χ3n) is 3.48. The van der Waals surface area contributed by atoms with E-state index < -0.39 is 0 Å². The van der Waals surface area contributed by atoms with Crippen LogP contribution in [0.3, 0.4) is 0 Å². The molecule has 23 heavy (non-hydrogen) atoms. The quantitative estimate of drug-likeness (QED) is 0.709. The van der Waals surface area contributed by atoms with Crippen molar-refractivity contribution < 1.29 is 9.53 Å². The lowest BCUT2D eigenvalue weighted by Crippen LogP contribution is -2.29. The molecule has 0 spiro atoms. The maximum absolute atomic E-state index is 11.7. The lowest BCUT2D eigenvalue weighted by molar-refractivity contribution is -0.143. The number of hydrogen-bond donors (Lipinski definition) is 1. The molecule has 0 aliphatic heterocycles. The van der Waals surface area contributed by atoms with E-state index in [1.54, 1.807) is 0 Å². The lowest BCUT2D eigenvalue weighted by Gasteiger charge is -2.13. The van der Waals surface area contributed by atoms with Gasteiger partial charge in [-0.3, -0.25) is 4.79 Å². The van der Waals surface area contributed by atoms with Crippen molar-refractivity contribution >= 4 is 21.9 Å². The molecule has 4 heteroatoms. The summed E-state index contributed by atoms with van der Waals surface area (Å²) in [5.74, 6) is 0.231. The zero-order chi connectivity index (χ0) is 16.5. The van der Waals surface area contributed by atoms with Gasteiger partial charge < -0.3 is 10.1 Å². The molecule has 0 heterocycles. The average molecular weight is 376 g/mol. The van der Waals surface area contributed by atoms with E-state index in [1.807, 2.05) is 42.5 Å². The summed E-state index contributed by atoms with van der Waals surface area (Å²) in [6.07, 6.45) is 0.978. The van der Waals surface area contributed by atoms with Gasteiger partial charge in [-0.1, -0.05) is 65.3 Å². The fourth-order valence-corrected chi connectivity index (χ4v) is 2.79. The van der Waals surface area contributed by atoms with Gasteiger partial charge in [-0.15, -0.1) is 0 Å². The Morgan fingerprint density at radius 2 is 1.87 bits per heavy atom. The Kier molecular flexibility index (Phi) is 7.30. The molecule has 0 aliphatic rings. The largest absolute Gasteiger partial charge is 0.460 e. The van der Waals surface area contributed by atoms with Gasteiger partial charge in [-0.2, -0.15) is 0 Å². The van der Waals surface area contributed by atoms with Gasteiger partial charge in [0.2, 0.25) is 0 Å². The zero-order valence-corrected chi connectivity index (χ0v) is 14.9. The van der Waals surface area contributed by atoms with E-state index in [1.165, 1.54) is 5.56 Å². The number of ether oxygens (including phenoxy) is 1. The molecule has 0 amide bonds. The Hall–Kier alpha value is -1.65. The first-order valence-electron chi connectivity index (χ1n) is 7.78. The number of halogens is 1. The number of carbonyl (C=O) groups is 1. The van der Waals surface area contributed by atoms with Crippen molar-refractivity contribution in [2.45, 2.75) is 20.0 Å². The Bertz CT molecular complexity index is 616. The molecule has 0 aliphatic carbocycles. The summed E-state index contributed by atoms with van der Waals surface area (Å²) in [7, 11) is 0. The first-order chi connectivity index (χ1) is 11.1. The van der Waals surface area contributed by atoms with Crippen molar-refractivity contribution in [3.05, 3.63) is 70.2 Å². The Balaban J connectivity index is 1.63. The molecule has 0 fully saturated rings. The Morgan fingerprint density at radius 1 is 1.13 bits per heavy atom. The van der Waals surface area contributed by atoms with E-state index >= 15 is 0 Å². The molecule has 0 saturated carbocycles.